The number of carbonyl (C=O) groups is 1. The van der Waals surface area contributed by atoms with Crippen LogP contribution in [0.25, 0.3) is 0 Å². The molecule has 2 atom stereocenters. The highest BCUT2D eigenvalue weighted by atomic mass is 32.2. The second-order valence-electron chi connectivity index (χ2n) is 3.57. The summed E-state index contributed by atoms with van der Waals surface area (Å²) >= 11 is 1.12. The molecule has 0 radical (unpaired) electrons. The Morgan fingerprint density at radius 3 is 2.81 bits per heavy atom. The van der Waals surface area contributed by atoms with E-state index in [4.69, 9.17) is 15.9 Å². The van der Waals surface area contributed by atoms with Crippen LogP contribution in [-0.2, 0) is 4.79 Å². The second-order valence-corrected chi connectivity index (χ2v) is 4.50. The van der Waals surface area contributed by atoms with Crippen LogP contribution in [0, 0.1) is 5.92 Å². The van der Waals surface area contributed by atoms with Crippen molar-refractivity contribution < 1.29 is 9.21 Å². The molecule has 0 fully saturated rings. The van der Waals surface area contributed by atoms with Crippen LogP contribution in [0.3, 0.4) is 0 Å². The minimum absolute atomic E-state index is 0.125. The molecule has 0 aliphatic carbocycles. The summed E-state index contributed by atoms with van der Waals surface area (Å²) in [4.78, 5) is 10.6. The summed E-state index contributed by atoms with van der Waals surface area (Å²) in [5.74, 6) is 0.381. The lowest BCUT2D eigenvalue weighted by molar-refractivity contribution is -0.115. The lowest BCUT2D eigenvalue weighted by atomic mass is 10.0. The Hall–Kier alpha value is -1.08. The van der Waals surface area contributed by atoms with Gasteiger partial charge in [0.15, 0.2) is 0 Å². The fourth-order valence-electron chi connectivity index (χ4n) is 1.04. The van der Waals surface area contributed by atoms with Gasteiger partial charge in [0.1, 0.15) is 0 Å². The van der Waals surface area contributed by atoms with Crippen molar-refractivity contribution in [2.24, 2.45) is 17.4 Å². The molecule has 16 heavy (non-hydrogen) atoms. The summed E-state index contributed by atoms with van der Waals surface area (Å²) < 4.78 is 5.33. The Morgan fingerprint density at radius 2 is 2.25 bits per heavy atom. The van der Waals surface area contributed by atoms with Crippen LogP contribution in [-0.4, -0.2) is 21.9 Å². The molecule has 1 amide bonds. The van der Waals surface area contributed by atoms with Gasteiger partial charge >= 0.3 is 0 Å². The Kier molecular flexibility index (Phi) is 4.75. The highest BCUT2D eigenvalue weighted by Gasteiger charge is 2.19. The van der Waals surface area contributed by atoms with Gasteiger partial charge in [0.2, 0.25) is 11.8 Å². The predicted octanol–water partition coefficient (Wildman–Crippen LogP) is 0.693. The molecule has 90 valence electrons. The van der Waals surface area contributed by atoms with E-state index in [2.05, 4.69) is 10.2 Å². The van der Waals surface area contributed by atoms with Crippen LogP contribution in [0.2, 0.25) is 0 Å². The number of rotatable bonds is 6. The van der Waals surface area contributed by atoms with Gasteiger partial charge in [0, 0.05) is 0 Å². The fraction of sp³-hybridized carbons (Fsp3) is 0.667. The number of hydrogen-bond donors (Lipinski definition) is 2. The van der Waals surface area contributed by atoms with E-state index in [1.165, 1.54) is 0 Å². The number of thioether (sulfide) groups is 1. The van der Waals surface area contributed by atoms with E-state index in [0.717, 1.165) is 18.2 Å². The second kappa shape index (κ2) is 5.86. The van der Waals surface area contributed by atoms with E-state index in [9.17, 15) is 4.79 Å². The van der Waals surface area contributed by atoms with Gasteiger partial charge in [-0.2, -0.15) is 0 Å². The molecule has 0 aliphatic rings. The lowest BCUT2D eigenvalue weighted by Gasteiger charge is -2.13. The first kappa shape index (κ1) is 13.0. The Bertz CT molecular complexity index is 355. The number of nitrogens with zero attached hydrogens (tertiary/aromatic N) is 2. The molecule has 0 saturated carbocycles. The molecule has 0 saturated heterocycles. The number of hydrogen-bond acceptors (Lipinski definition) is 6. The SMILES string of the molecule is CC[C@@H](C)[C@H](N)c1nnc(SCC(N)=O)o1. The Balaban J connectivity index is 2.60. The number of primary amides is 1. The van der Waals surface area contributed by atoms with E-state index < -0.39 is 5.91 Å². The fourth-order valence-corrected chi connectivity index (χ4v) is 1.55. The average molecular weight is 244 g/mol. The molecular formula is C9H16N4O2S. The van der Waals surface area contributed by atoms with Gasteiger partial charge in [-0.15, -0.1) is 10.2 Å². The van der Waals surface area contributed by atoms with E-state index >= 15 is 0 Å². The van der Waals surface area contributed by atoms with Crippen LogP contribution in [0.15, 0.2) is 9.64 Å². The van der Waals surface area contributed by atoms with Crippen LogP contribution in [0.5, 0.6) is 0 Å². The summed E-state index contributed by atoms with van der Waals surface area (Å²) in [5.41, 5.74) is 10.9. The molecule has 0 aromatic carbocycles. The molecule has 1 rings (SSSR count). The van der Waals surface area contributed by atoms with Gasteiger partial charge in [0.05, 0.1) is 11.8 Å². The number of nitrogens with two attached hydrogens (primary N) is 2. The first-order valence-electron chi connectivity index (χ1n) is 5.04. The van der Waals surface area contributed by atoms with Gasteiger partial charge in [-0.25, -0.2) is 0 Å². The molecule has 0 aliphatic heterocycles. The van der Waals surface area contributed by atoms with Crippen molar-refractivity contribution in [3.05, 3.63) is 5.89 Å². The summed E-state index contributed by atoms with van der Waals surface area (Å²) in [6.07, 6.45) is 0.938. The van der Waals surface area contributed by atoms with Gasteiger partial charge in [-0.3, -0.25) is 4.79 Å². The maximum absolute atomic E-state index is 10.6. The summed E-state index contributed by atoms with van der Waals surface area (Å²) in [6.45, 7) is 4.06. The molecule has 6 nitrogen and oxygen atoms in total. The maximum atomic E-state index is 10.6. The summed E-state index contributed by atoms with van der Waals surface area (Å²) in [7, 11) is 0. The van der Waals surface area contributed by atoms with Crippen molar-refractivity contribution in [1.82, 2.24) is 10.2 Å². The average Bonchev–Trinajstić information content (AvgIpc) is 2.72. The number of carbonyl (C=O) groups excluding carboxylic acids is 1. The Morgan fingerprint density at radius 1 is 1.56 bits per heavy atom. The summed E-state index contributed by atoms with van der Waals surface area (Å²) in [5, 5.41) is 7.96. The van der Waals surface area contributed by atoms with E-state index in [0.29, 0.717) is 11.1 Å². The maximum Gasteiger partial charge on any atom is 0.277 e. The van der Waals surface area contributed by atoms with Crippen LogP contribution in [0.4, 0.5) is 0 Å². The zero-order valence-corrected chi connectivity index (χ0v) is 10.2. The number of amides is 1. The summed E-state index contributed by atoms with van der Waals surface area (Å²) in [6, 6.07) is -0.263. The van der Waals surface area contributed by atoms with Crippen LogP contribution < -0.4 is 11.5 Å². The topological polar surface area (TPSA) is 108 Å². The molecule has 1 heterocycles. The highest BCUT2D eigenvalue weighted by Crippen LogP contribution is 2.23. The highest BCUT2D eigenvalue weighted by molar-refractivity contribution is 7.99. The van der Waals surface area contributed by atoms with Gasteiger partial charge in [-0.05, 0) is 5.92 Å². The molecule has 0 unspecified atom stereocenters. The van der Waals surface area contributed by atoms with Gasteiger partial charge in [0.25, 0.3) is 5.22 Å². The molecule has 1 aromatic rings. The molecule has 0 spiro atoms. The molecule has 4 N–H and O–H groups in total. The van der Waals surface area contributed by atoms with Crippen LogP contribution >= 0.6 is 11.8 Å². The van der Waals surface area contributed by atoms with Crippen LogP contribution in [0.1, 0.15) is 32.2 Å². The standard InChI is InChI=1S/C9H16N4O2S/c1-3-5(2)7(11)8-12-13-9(15-8)16-4-6(10)14/h5,7H,3-4,11H2,1-2H3,(H2,10,14)/t5-,7+/m1/s1. The smallest absolute Gasteiger partial charge is 0.277 e. The first-order chi connectivity index (χ1) is 7.54. The van der Waals surface area contributed by atoms with E-state index in [-0.39, 0.29) is 17.7 Å². The monoisotopic (exact) mass is 244 g/mol. The minimum Gasteiger partial charge on any atom is -0.414 e. The Labute approximate surface area is 98.2 Å². The van der Waals surface area contributed by atoms with E-state index in [1.54, 1.807) is 0 Å². The largest absolute Gasteiger partial charge is 0.414 e. The third-order valence-electron chi connectivity index (χ3n) is 2.30. The van der Waals surface area contributed by atoms with Crippen molar-refractivity contribution in [2.45, 2.75) is 31.5 Å². The molecule has 1 aromatic heterocycles. The molecule has 0 bridgehead atoms. The third-order valence-corrected chi connectivity index (χ3v) is 3.14. The number of aromatic nitrogens is 2. The van der Waals surface area contributed by atoms with Crippen molar-refractivity contribution in [3.63, 3.8) is 0 Å². The van der Waals surface area contributed by atoms with Crippen molar-refractivity contribution in [1.29, 1.82) is 0 Å². The zero-order valence-electron chi connectivity index (χ0n) is 9.34. The van der Waals surface area contributed by atoms with Crippen molar-refractivity contribution >= 4 is 17.7 Å². The molecule has 7 heteroatoms. The third kappa shape index (κ3) is 3.49. The minimum atomic E-state index is -0.420. The van der Waals surface area contributed by atoms with Gasteiger partial charge in [-0.1, -0.05) is 32.0 Å². The lowest BCUT2D eigenvalue weighted by Crippen LogP contribution is -2.18. The normalized spacial score (nSPS) is 14.7. The molecular weight excluding hydrogens is 228 g/mol. The first-order valence-corrected chi connectivity index (χ1v) is 6.03. The zero-order chi connectivity index (χ0) is 12.1. The van der Waals surface area contributed by atoms with Crippen molar-refractivity contribution in [2.75, 3.05) is 5.75 Å². The van der Waals surface area contributed by atoms with Crippen molar-refractivity contribution in [3.8, 4) is 0 Å². The van der Waals surface area contributed by atoms with E-state index in [1.807, 2.05) is 13.8 Å². The predicted molar refractivity (Wildman–Crippen MR) is 60.6 cm³/mol. The quantitative estimate of drug-likeness (QED) is 0.713. The van der Waals surface area contributed by atoms with Gasteiger partial charge < -0.3 is 15.9 Å².